The number of nitrogens with zero attached hydrogens (tertiary/aromatic N) is 4. The zero-order chi connectivity index (χ0) is 22.4. The van der Waals surface area contributed by atoms with Crippen LogP contribution in [0.25, 0.3) is 33.4 Å². The lowest BCUT2D eigenvalue weighted by Gasteiger charge is -2.09. The van der Waals surface area contributed by atoms with E-state index in [-0.39, 0.29) is 11.3 Å². The lowest BCUT2D eigenvalue weighted by atomic mass is 10.0. The lowest BCUT2D eigenvalue weighted by molar-refractivity contribution is 0.101. The standard InChI is InChI=1S/C25H19ClN4O2/c1-3-21-23(17-5-4-6-18(26)13-17)24-27-14-20-22(30(24)28-21)11-12-29(25(20)32)19-9-7-16(8-10-19)15(2)31/h4-14H,3H2,1-2H3. The van der Waals surface area contributed by atoms with E-state index in [0.29, 0.717) is 39.2 Å². The maximum absolute atomic E-state index is 13.3. The Bertz CT molecular complexity index is 1570. The maximum Gasteiger partial charge on any atom is 0.266 e. The molecule has 3 heterocycles. The fraction of sp³-hybridized carbons (Fsp3) is 0.120. The number of pyridine rings is 1. The summed E-state index contributed by atoms with van der Waals surface area (Å²) in [7, 11) is 0. The van der Waals surface area contributed by atoms with E-state index in [1.165, 1.54) is 6.92 Å². The van der Waals surface area contributed by atoms with Crippen LogP contribution in [0.5, 0.6) is 0 Å². The minimum absolute atomic E-state index is 0.0186. The molecule has 0 saturated carbocycles. The number of carbonyl (C=O) groups is 1. The maximum atomic E-state index is 13.3. The average Bonchev–Trinajstić information content (AvgIpc) is 3.18. The van der Waals surface area contributed by atoms with Gasteiger partial charge in [-0.1, -0.05) is 30.7 Å². The highest BCUT2D eigenvalue weighted by atomic mass is 35.5. The number of aromatic nitrogens is 4. The predicted molar refractivity (Wildman–Crippen MR) is 126 cm³/mol. The number of carbonyl (C=O) groups excluding carboxylic acids is 1. The van der Waals surface area contributed by atoms with Gasteiger partial charge in [-0.05, 0) is 61.4 Å². The molecule has 0 amide bonds. The topological polar surface area (TPSA) is 69.3 Å². The van der Waals surface area contributed by atoms with Crippen LogP contribution < -0.4 is 5.56 Å². The molecule has 2 aromatic carbocycles. The first-order valence-corrected chi connectivity index (χ1v) is 10.6. The molecule has 32 heavy (non-hydrogen) atoms. The predicted octanol–water partition coefficient (Wildman–Crippen LogP) is 5.12. The summed E-state index contributed by atoms with van der Waals surface area (Å²) in [5.41, 5.74) is 5.18. The van der Waals surface area contributed by atoms with E-state index in [0.717, 1.165) is 16.8 Å². The van der Waals surface area contributed by atoms with Gasteiger partial charge in [-0.15, -0.1) is 0 Å². The van der Waals surface area contributed by atoms with Crippen LogP contribution in [0, 0.1) is 0 Å². The lowest BCUT2D eigenvalue weighted by Crippen LogP contribution is -2.19. The van der Waals surface area contributed by atoms with E-state index in [2.05, 4.69) is 4.98 Å². The van der Waals surface area contributed by atoms with Crippen LogP contribution in [0.4, 0.5) is 0 Å². The van der Waals surface area contributed by atoms with Gasteiger partial charge in [-0.25, -0.2) is 9.50 Å². The van der Waals surface area contributed by atoms with Crippen molar-refractivity contribution in [1.82, 2.24) is 19.2 Å². The van der Waals surface area contributed by atoms with E-state index in [1.807, 2.05) is 37.3 Å². The van der Waals surface area contributed by atoms with Crippen molar-refractivity contribution in [2.75, 3.05) is 0 Å². The van der Waals surface area contributed by atoms with Gasteiger partial charge in [0.25, 0.3) is 5.56 Å². The number of fused-ring (bicyclic) bond motifs is 3. The molecule has 0 N–H and O–H groups in total. The summed E-state index contributed by atoms with van der Waals surface area (Å²) in [6, 6.07) is 16.4. The number of Topliss-reactive ketones (excluding diaryl/α,β-unsaturated/α-hetero) is 1. The van der Waals surface area contributed by atoms with E-state index in [4.69, 9.17) is 16.7 Å². The van der Waals surface area contributed by atoms with Crippen molar-refractivity contribution in [2.24, 2.45) is 0 Å². The summed E-state index contributed by atoms with van der Waals surface area (Å²) in [4.78, 5) is 29.4. The smallest absolute Gasteiger partial charge is 0.266 e. The highest BCUT2D eigenvalue weighted by Gasteiger charge is 2.18. The van der Waals surface area contributed by atoms with Crippen LogP contribution in [0.2, 0.25) is 5.02 Å². The summed E-state index contributed by atoms with van der Waals surface area (Å²) in [5, 5.41) is 5.86. The number of halogens is 1. The van der Waals surface area contributed by atoms with Crippen molar-refractivity contribution in [3.63, 3.8) is 0 Å². The van der Waals surface area contributed by atoms with Crippen molar-refractivity contribution in [1.29, 1.82) is 0 Å². The molecule has 0 atom stereocenters. The van der Waals surface area contributed by atoms with Gasteiger partial charge in [-0.2, -0.15) is 5.10 Å². The third-order valence-electron chi connectivity index (χ3n) is 5.58. The Labute approximate surface area is 188 Å². The van der Waals surface area contributed by atoms with Crippen molar-refractivity contribution >= 4 is 33.9 Å². The van der Waals surface area contributed by atoms with Gasteiger partial charge in [0.15, 0.2) is 11.4 Å². The summed E-state index contributed by atoms with van der Waals surface area (Å²) < 4.78 is 3.27. The van der Waals surface area contributed by atoms with E-state index in [1.54, 1.807) is 45.7 Å². The average molecular weight is 443 g/mol. The van der Waals surface area contributed by atoms with Crippen LogP contribution >= 0.6 is 11.6 Å². The molecule has 0 saturated heterocycles. The molecule has 7 heteroatoms. The second-order valence-corrected chi connectivity index (χ2v) is 8.01. The largest absolute Gasteiger partial charge is 0.295 e. The molecule has 0 aliphatic rings. The normalized spacial score (nSPS) is 11.3. The third-order valence-corrected chi connectivity index (χ3v) is 5.82. The fourth-order valence-corrected chi connectivity index (χ4v) is 4.15. The molecule has 0 radical (unpaired) electrons. The molecule has 0 aliphatic carbocycles. The molecule has 5 rings (SSSR count). The number of benzene rings is 2. The second kappa shape index (κ2) is 7.73. The van der Waals surface area contributed by atoms with Crippen LogP contribution in [-0.2, 0) is 6.42 Å². The van der Waals surface area contributed by atoms with Crippen LogP contribution in [0.1, 0.15) is 29.9 Å². The molecular weight excluding hydrogens is 424 g/mol. The SMILES string of the molecule is CCc1nn2c(ncc3c(=O)n(-c4ccc(C(C)=O)cc4)ccc32)c1-c1cccc(Cl)c1. The fourth-order valence-electron chi connectivity index (χ4n) is 3.96. The summed E-state index contributed by atoms with van der Waals surface area (Å²) in [6.45, 7) is 3.55. The highest BCUT2D eigenvalue weighted by Crippen LogP contribution is 2.31. The molecule has 5 aromatic rings. The second-order valence-electron chi connectivity index (χ2n) is 7.57. The Morgan fingerprint density at radius 2 is 1.88 bits per heavy atom. The first-order valence-electron chi connectivity index (χ1n) is 10.3. The van der Waals surface area contributed by atoms with Crippen LogP contribution in [-0.4, -0.2) is 24.9 Å². The van der Waals surface area contributed by atoms with Gasteiger partial charge >= 0.3 is 0 Å². The summed E-state index contributed by atoms with van der Waals surface area (Å²) >= 11 is 6.22. The molecule has 6 nitrogen and oxygen atoms in total. The zero-order valence-corrected chi connectivity index (χ0v) is 18.3. The Morgan fingerprint density at radius 3 is 2.56 bits per heavy atom. The number of hydrogen-bond acceptors (Lipinski definition) is 4. The van der Waals surface area contributed by atoms with Gasteiger partial charge < -0.3 is 0 Å². The van der Waals surface area contributed by atoms with Crippen molar-refractivity contribution in [3.8, 4) is 16.8 Å². The Hall–Kier alpha value is -3.77. The van der Waals surface area contributed by atoms with Gasteiger partial charge in [0.05, 0.1) is 16.6 Å². The first kappa shape index (κ1) is 20.2. The Kier molecular flexibility index (Phi) is 4.87. The number of hydrogen-bond donors (Lipinski definition) is 0. The molecule has 0 bridgehead atoms. The third kappa shape index (κ3) is 3.20. The molecule has 0 fully saturated rings. The zero-order valence-electron chi connectivity index (χ0n) is 17.5. The quantitative estimate of drug-likeness (QED) is 0.362. The van der Waals surface area contributed by atoms with Crippen molar-refractivity contribution < 1.29 is 4.79 Å². The van der Waals surface area contributed by atoms with Gasteiger partial charge in [0, 0.05) is 34.2 Å². The van der Waals surface area contributed by atoms with Gasteiger partial charge in [-0.3, -0.25) is 14.2 Å². The molecule has 0 aliphatic heterocycles. The number of ketones is 1. The summed E-state index contributed by atoms with van der Waals surface area (Å²) in [5.74, 6) is -0.0186. The minimum Gasteiger partial charge on any atom is -0.295 e. The molecule has 0 spiro atoms. The van der Waals surface area contributed by atoms with Crippen LogP contribution in [0.3, 0.4) is 0 Å². The monoisotopic (exact) mass is 442 g/mol. The van der Waals surface area contributed by atoms with E-state index in [9.17, 15) is 9.59 Å². The van der Waals surface area contributed by atoms with Gasteiger partial charge in [0.1, 0.15) is 0 Å². The van der Waals surface area contributed by atoms with E-state index >= 15 is 0 Å². The Balaban J connectivity index is 1.72. The minimum atomic E-state index is -0.203. The van der Waals surface area contributed by atoms with Crippen molar-refractivity contribution in [3.05, 3.63) is 93.6 Å². The first-order chi connectivity index (χ1) is 15.5. The number of aryl methyl sites for hydroxylation is 1. The molecule has 0 unspecified atom stereocenters. The van der Waals surface area contributed by atoms with E-state index < -0.39 is 0 Å². The van der Waals surface area contributed by atoms with Gasteiger partial charge in [0.2, 0.25) is 0 Å². The molecular formula is C25H19ClN4O2. The van der Waals surface area contributed by atoms with Crippen LogP contribution in [0.15, 0.2) is 71.8 Å². The highest BCUT2D eigenvalue weighted by molar-refractivity contribution is 6.30. The molecule has 3 aromatic heterocycles. The number of rotatable bonds is 4. The summed E-state index contributed by atoms with van der Waals surface area (Å²) in [6.07, 6.45) is 4.04. The Morgan fingerprint density at radius 1 is 1.09 bits per heavy atom. The molecule has 158 valence electrons. The van der Waals surface area contributed by atoms with Crippen molar-refractivity contribution in [2.45, 2.75) is 20.3 Å².